The summed E-state index contributed by atoms with van der Waals surface area (Å²) in [6.07, 6.45) is 7.83. The highest BCUT2D eigenvalue weighted by Gasteiger charge is 2.28. The fraction of sp³-hybridized carbons (Fsp3) is 0.647. The third-order valence-corrected chi connectivity index (χ3v) is 5.00. The van der Waals surface area contributed by atoms with Gasteiger partial charge in [-0.05, 0) is 64.4 Å². The Labute approximate surface area is 131 Å². The Kier molecular flexibility index (Phi) is 3.84. The molecule has 118 valence electrons. The van der Waals surface area contributed by atoms with Crippen LogP contribution in [0.4, 0.5) is 0 Å². The van der Waals surface area contributed by atoms with Crippen LogP contribution in [0.5, 0.6) is 0 Å². The average Bonchev–Trinajstić information content (AvgIpc) is 2.96. The third kappa shape index (κ3) is 2.52. The van der Waals surface area contributed by atoms with Crippen molar-refractivity contribution in [2.24, 2.45) is 0 Å². The summed E-state index contributed by atoms with van der Waals surface area (Å²) in [5.41, 5.74) is 2.03. The lowest BCUT2D eigenvalue weighted by molar-refractivity contribution is 0.00603. The van der Waals surface area contributed by atoms with Gasteiger partial charge in [0.25, 0.3) is 0 Å². The average molecular weight is 300 g/mol. The van der Waals surface area contributed by atoms with Crippen molar-refractivity contribution in [1.29, 1.82) is 0 Å². The Balaban J connectivity index is 1.76. The lowest BCUT2D eigenvalue weighted by atomic mass is 10.0. The molecule has 0 spiro atoms. The van der Waals surface area contributed by atoms with E-state index in [4.69, 9.17) is 9.72 Å². The molecule has 5 heteroatoms. The van der Waals surface area contributed by atoms with Crippen LogP contribution in [-0.4, -0.2) is 46.2 Å². The van der Waals surface area contributed by atoms with E-state index in [-0.39, 0.29) is 6.10 Å². The fourth-order valence-corrected chi connectivity index (χ4v) is 3.73. The highest BCUT2D eigenvalue weighted by Crippen LogP contribution is 2.34. The van der Waals surface area contributed by atoms with Gasteiger partial charge in [0.1, 0.15) is 17.4 Å². The van der Waals surface area contributed by atoms with Crippen LogP contribution in [-0.2, 0) is 4.74 Å². The number of fused-ring (bicyclic) bond motifs is 1. The van der Waals surface area contributed by atoms with Gasteiger partial charge in [-0.1, -0.05) is 0 Å². The first-order valence-corrected chi connectivity index (χ1v) is 8.46. The molecule has 2 aliphatic heterocycles. The molecule has 4 heterocycles. The summed E-state index contributed by atoms with van der Waals surface area (Å²) >= 11 is 0. The first-order chi connectivity index (χ1) is 10.8. The Morgan fingerprint density at radius 3 is 2.82 bits per heavy atom. The summed E-state index contributed by atoms with van der Waals surface area (Å²) in [5.74, 6) is 1.10. The minimum atomic E-state index is 0.141. The van der Waals surface area contributed by atoms with Crippen molar-refractivity contribution in [1.82, 2.24) is 19.4 Å². The van der Waals surface area contributed by atoms with Crippen LogP contribution in [0.2, 0.25) is 0 Å². The lowest BCUT2D eigenvalue weighted by Gasteiger charge is -2.32. The zero-order valence-corrected chi connectivity index (χ0v) is 13.2. The van der Waals surface area contributed by atoms with Gasteiger partial charge in [0, 0.05) is 18.8 Å². The van der Waals surface area contributed by atoms with Crippen molar-refractivity contribution in [3.63, 3.8) is 0 Å². The maximum Gasteiger partial charge on any atom is 0.160 e. The molecule has 1 unspecified atom stereocenters. The topological polar surface area (TPSA) is 43.2 Å². The molecule has 1 atom stereocenters. The summed E-state index contributed by atoms with van der Waals surface area (Å²) in [6.45, 7) is 3.14. The van der Waals surface area contributed by atoms with Gasteiger partial charge in [0.15, 0.2) is 5.65 Å². The van der Waals surface area contributed by atoms with Crippen molar-refractivity contribution in [3.05, 3.63) is 24.2 Å². The Bertz CT molecular complexity index is 639. The molecular formula is C17H24N4O. The number of pyridine rings is 1. The predicted octanol–water partition coefficient (Wildman–Crippen LogP) is 2.94. The van der Waals surface area contributed by atoms with E-state index in [1.807, 2.05) is 12.3 Å². The van der Waals surface area contributed by atoms with Crippen LogP contribution >= 0.6 is 0 Å². The number of imidazole rings is 1. The second kappa shape index (κ2) is 5.97. The van der Waals surface area contributed by atoms with Gasteiger partial charge < -0.3 is 14.2 Å². The van der Waals surface area contributed by atoms with Crippen LogP contribution in [0, 0.1) is 0 Å². The molecule has 2 fully saturated rings. The van der Waals surface area contributed by atoms with E-state index >= 15 is 0 Å². The van der Waals surface area contributed by atoms with Crippen LogP contribution in [0.15, 0.2) is 18.3 Å². The summed E-state index contributed by atoms with van der Waals surface area (Å²) in [6, 6.07) is 4.54. The lowest BCUT2D eigenvalue weighted by Crippen LogP contribution is -2.32. The molecule has 2 aliphatic rings. The normalized spacial score (nSPS) is 24.9. The molecule has 2 aromatic rings. The van der Waals surface area contributed by atoms with E-state index in [9.17, 15) is 0 Å². The number of aromatic nitrogens is 3. The largest absolute Gasteiger partial charge is 0.370 e. The minimum Gasteiger partial charge on any atom is -0.370 e. The maximum atomic E-state index is 6.02. The molecule has 4 rings (SSSR count). The fourth-order valence-electron chi connectivity index (χ4n) is 3.73. The first-order valence-electron chi connectivity index (χ1n) is 8.46. The molecule has 0 aliphatic carbocycles. The second-order valence-corrected chi connectivity index (χ2v) is 6.58. The molecule has 0 N–H and O–H groups in total. The summed E-state index contributed by atoms with van der Waals surface area (Å²) in [4.78, 5) is 11.9. The molecule has 0 radical (unpaired) electrons. The quantitative estimate of drug-likeness (QED) is 0.855. The molecule has 5 nitrogen and oxygen atoms in total. The Morgan fingerprint density at radius 2 is 2.05 bits per heavy atom. The molecule has 0 aromatic carbocycles. The van der Waals surface area contributed by atoms with Crippen LogP contribution in [0.25, 0.3) is 11.2 Å². The van der Waals surface area contributed by atoms with Crippen LogP contribution < -0.4 is 0 Å². The molecule has 2 aromatic heterocycles. The Morgan fingerprint density at radius 1 is 1.18 bits per heavy atom. The van der Waals surface area contributed by atoms with Gasteiger partial charge in [-0.3, -0.25) is 0 Å². The maximum absolute atomic E-state index is 6.02. The number of hydrogen-bond donors (Lipinski definition) is 0. The standard InChI is InChI=1S/C17H24N4O/c1-20-10-7-13(8-11-20)21-16-14(5-4-9-18-16)19-17(21)15-6-2-3-12-22-15/h4-5,9,13,15H,2-3,6-8,10-12H2,1H3. The summed E-state index contributed by atoms with van der Waals surface area (Å²) < 4.78 is 8.41. The van der Waals surface area contributed by atoms with E-state index in [2.05, 4.69) is 27.6 Å². The molecule has 0 saturated carbocycles. The molecular weight excluding hydrogens is 276 g/mol. The van der Waals surface area contributed by atoms with Crippen molar-refractivity contribution in [2.75, 3.05) is 26.7 Å². The van der Waals surface area contributed by atoms with Crippen molar-refractivity contribution in [3.8, 4) is 0 Å². The van der Waals surface area contributed by atoms with Crippen LogP contribution in [0.1, 0.15) is 50.1 Å². The smallest absolute Gasteiger partial charge is 0.160 e. The van der Waals surface area contributed by atoms with E-state index in [1.54, 1.807) is 0 Å². The highest BCUT2D eigenvalue weighted by molar-refractivity contribution is 5.71. The molecule has 2 saturated heterocycles. The van der Waals surface area contributed by atoms with E-state index < -0.39 is 0 Å². The van der Waals surface area contributed by atoms with E-state index in [0.29, 0.717) is 6.04 Å². The van der Waals surface area contributed by atoms with Gasteiger partial charge in [-0.2, -0.15) is 0 Å². The van der Waals surface area contributed by atoms with Gasteiger partial charge >= 0.3 is 0 Å². The zero-order chi connectivity index (χ0) is 14.9. The number of nitrogens with zero attached hydrogens (tertiary/aromatic N) is 4. The molecule has 22 heavy (non-hydrogen) atoms. The SMILES string of the molecule is CN1CCC(n2c(C3CCCCO3)nc3cccnc32)CC1. The van der Waals surface area contributed by atoms with E-state index in [0.717, 1.165) is 55.9 Å². The van der Waals surface area contributed by atoms with Gasteiger partial charge in [0.05, 0.1) is 0 Å². The van der Waals surface area contributed by atoms with Gasteiger partial charge in [0.2, 0.25) is 0 Å². The molecule has 0 bridgehead atoms. The highest BCUT2D eigenvalue weighted by atomic mass is 16.5. The van der Waals surface area contributed by atoms with Crippen molar-refractivity contribution >= 4 is 11.2 Å². The first kappa shape index (κ1) is 14.2. The monoisotopic (exact) mass is 300 g/mol. The second-order valence-electron chi connectivity index (χ2n) is 6.58. The predicted molar refractivity (Wildman–Crippen MR) is 85.8 cm³/mol. The number of piperidine rings is 1. The van der Waals surface area contributed by atoms with Crippen LogP contribution in [0.3, 0.4) is 0 Å². The zero-order valence-electron chi connectivity index (χ0n) is 13.2. The van der Waals surface area contributed by atoms with Gasteiger partial charge in [-0.25, -0.2) is 9.97 Å². The van der Waals surface area contributed by atoms with Crippen molar-refractivity contribution in [2.45, 2.75) is 44.2 Å². The number of ether oxygens (including phenoxy) is 1. The summed E-state index contributed by atoms with van der Waals surface area (Å²) in [7, 11) is 2.20. The molecule has 0 amide bonds. The van der Waals surface area contributed by atoms with Crippen molar-refractivity contribution < 1.29 is 4.74 Å². The van der Waals surface area contributed by atoms with E-state index in [1.165, 1.54) is 12.8 Å². The number of hydrogen-bond acceptors (Lipinski definition) is 4. The third-order valence-electron chi connectivity index (χ3n) is 5.00. The number of likely N-dealkylation sites (tertiary alicyclic amines) is 1. The minimum absolute atomic E-state index is 0.141. The van der Waals surface area contributed by atoms with Gasteiger partial charge in [-0.15, -0.1) is 0 Å². The Hall–Kier alpha value is -1.46. The summed E-state index contributed by atoms with van der Waals surface area (Å²) in [5, 5.41) is 0. The number of rotatable bonds is 2.